The van der Waals surface area contributed by atoms with Crippen LogP contribution in [0.4, 0.5) is 0 Å². The van der Waals surface area contributed by atoms with E-state index in [-0.39, 0.29) is 60.4 Å². The number of nitrogens with two attached hydrogens (primary N) is 10. The minimum atomic E-state index is -0.331. The molecule has 0 radical (unpaired) electrons. The summed E-state index contributed by atoms with van der Waals surface area (Å²) < 4.78 is 0. The fourth-order valence-corrected chi connectivity index (χ4v) is 3.47. The van der Waals surface area contributed by atoms with Gasteiger partial charge in [-0.1, -0.05) is 0 Å². The molecule has 0 aromatic heterocycles. The molecule has 1 saturated carbocycles. The lowest BCUT2D eigenvalue weighted by Crippen LogP contribution is -2.56. The van der Waals surface area contributed by atoms with E-state index in [1.54, 1.807) is 0 Å². The summed E-state index contributed by atoms with van der Waals surface area (Å²) in [5.41, 5.74) is 62.0. The van der Waals surface area contributed by atoms with Crippen molar-refractivity contribution < 1.29 is 0 Å². The fraction of sp³-hybridized carbons (Fsp3) is 1.00. The molecule has 0 heterocycles. The Morgan fingerprint density at radius 3 is 0.615 bits per heavy atom. The molecule has 0 aliphatic heterocycles. The van der Waals surface area contributed by atoms with Gasteiger partial charge in [0.15, 0.2) is 0 Å². The minimum Gasteiger partial charge on any atom is -0.326 e. The Bertz CT molecular complexity index is 361. The van der Waals surface area contributed by atoms with Gasteiger partial charge in [0.25, 0.3) is 0 Å². The van der Waals surface area contributed by atoms with Gasteiger partial charge in [-0.25, -0.2) is 0 Å². The first kappa shape index (κ1) is 23.6. The van der Waals surface area contributed by atoms with Crippen molar-refractivity contribution in [1.82, 2.24) is 0 Å². The lowest BCUT2D eigenvalue weighted by atomic mass is 9.86. The van der Waals surface area contributed by atoms with E-state index in [9.17, 15) is 0 Å². The highest BCUT2D eigenvalue weighted by Gasteiger charge is 2.28. The Morgan fingerprint density at radius 2 is 0.423 bits per heavy atom. The third kappa shape index (κ3) is 7.31. The number of rotatable bonds is 0. The van der Waals surface area contributed by atoms with Gasteiger partial charge in [0, 0.05) is 60.4 Å². The first-order valence-corrected chi connectivity index (χ1v) is 9.58. The van der Waals surface area contributed by atoms with Crippen LogP contribution in [0.3, 0.4) is 0 Å². The first-order chi connectivity index (χ1) is 12.0. The Morgan fingerprint density at radius 1 is 0.269 bits per heavy atom. The molecule has 0 aromatic rings. The summed E-state index contributed by atoms with van der Waals surface area (Å²) in [5, 5.41) is 0. The zero-order chi connectivity index (χ0) is 20.0. The summed E-state index contributed by atoms with van der Waals surface area (Å²) >= 11 is 0. The Labute approximate surface area is 157 Å². The molecule has 26 heavy (non-hydrogen) atoms. The zero-order valence-electron chi connectivity index (χ0n) is 15.8. The van der Waals surface area contributed by atoms with E-state index in [1.807, 2.05) is 0 Å². The maximum Gasteiger partial charge on any atom is 0.0208 e. The summed E-state index contributed by atoms with van der Waals surface area (Å²) in [5.74, 6) is 0. The predicted molar refractivity (Wildman–Crippen MR) is 107 cm³/mol. The largest absolute Gasteiger partial charge is 0.326 e. The van der Waals surface area contributed by atoms with Crippen LogP contribution in [0.15, 0.2) is 0 Å². The van der Waals surface area contributed by atoms with E-state index < -0.39 is 0 Å². The third-order valence-electron chi connectivity index (χ3n) is 5.76. The first-order valence-electron chi connectivity index (χ1n) is 9.58. The molecule has 0 saturated heterocycles. The standard InChI is InChI=1S/C16H42N10/c17-7-1-2-8(18)10(20)4-12(22)14(24)6-16(26)15(25)5-13(23)11(21)3-9(7)19/h7-16H,1-6,17-26H2. The maximum atomic E-state index is 6.20. The van der Waals surface area contributed by atoms with Crippen LogP contribution >= 0.6 is 0 Å². The number of hydrogen-bond acceptors (Lipinski definition) is 10. The van der Waals surface area contributed by atoms with Crippen LogP contribution < -0.4 is 57.3 Å². The van der Waals surface area contributed by atoms with Crippen LogP contribution in [0.1, 0.15) is 38.5 Å². The lowest BCUT2D eigenvalue weighted by Gasteiger charge is -2.33. The second kappa shape index (κ2) is 10.8. The summed E-state index contributed by atoms with van der Waals surface area (Å²) in [6, 6.07) is -2.92. The molecule has 10 atom stereocenters. The minimum absolute atomic E-state index is 0.230. The normalized spacial score (nSPS) is 48.2. The van der Waals surface area contributed by atoms with Crippen molar-refractivity contribution in [3.05, 3.63) is 0 Å². The van der Waals surface area contributed by atoms with E-state index in [0.717, 1.165) is 0 Å². The van der Waals surface area contributed by atoms with E-state index in [4.69, 9.17) is 57.3 Å². The van der Waals surface area contributed by atoms with Gasteiger partial charge in [0.05, 0.1) is 0 Å². The summed E-state index contributed by atoms with van der Waals surface area (Å²) in [6.45, 7) is 0. The smallest absolute Gasteiger partial charge is 0.0208 e. The van der Waals surface area contributed by atoms with Crippen LogP contribution in [0, 0.1) is 0 Å². The summed E-state index contributed by atoms with van der Waals surface area (Å²) in [4.78, 5) is 0. The summed E-state index contributed by atoms with van der Waals surface area (Å²) in [7, 11) is 0. The molecule has 0 bridgehead atoms. The molecule has 1 aliphatic carbocycles. The van der Waals surface area contributed by atoms with E-state index in [0.29, 0.717) is 38.5 Å². The van der Waals surface area contributed by atoms with Gasteiger partial charge in [0.2, 0.25) is 0 Å². The van der Waals surface area contributed by atoms with Crippen molar-refractivity contribution in [1.29, 1.82) is 0 Å². The van der Waals surface area contributed by atoms with Gasteiger partial charge in [0.1, 0.15) is 0 Å². The molecule has 1 aliphatic rings. The molecule has 156 valence electrons. The van der Waals surface area contributed by atoms with Gasteiger partial charge >= 0.3 is 0 Å². The zero-order valence-corrected chi connectivity index (χ0v) is 15.8. The van der Waals surface area contributed by atoms with Crippen molar-refractivity contribution in [3.63, 3.8) is 0 Å². The molecule has 0 spiro atoms. The fourth-order valence-electron chi connectivity index (χ4n) is 3.47. The monoisotopic (exact) mass is 374 g/mol. The highest BCUT2D eigenvalue weighted by Crippen LogP contribution is 2.14. The summed E-state index contributed by atoms with van der Waals surface area (Å²) in [6.07, 6.45) is 3.30. The van der Waals surface area contributed by atoms with E-state index >= 15 is 0 Å². The Kier molecular flexibility index (Phi) is 9.83. The molecular weight excluding hydrogens is 332 g/mol. The van der Waals surface area contributed by atoms with Crippen LogP contribution in [0.5, 0.6) is 0 Å². The molecule has 0 aromatic carbocycles. The van der Waals surface area contributed by atoms with Crippen molar-refractivity contribution in [3.8, 4) is 0 Å². The van der Waals surface area contributed by atoms with Crippen molar-refractivity contribution in [2.75, 3.05) is 0 Å². The average Bonchev–Trinajstić information content (AvgIpc) is 2.57. The van der Waals surface area contributed by atoms with Crippen LogP contribution in [0.2, 0.25) is 0 Å². The van der Waals surface area contributed by atoms with Crippen molar-refractivity contribution in [2.45, 2.75) is 98.9 Å². The molecule has 10 unspecified atom stereocenters. The van der Waals surface area contributed by atoms with Gasteiger partial charge in [-0.2, -0.15) is 0 Å². The van der Waals surface area contributed by atoms with Crippen LogP contribution in [0.25, 0.3) is 0 Å². The SMILES string of the molecule is NC1CCC(N)C(N)CC(N)C(N)CC(N)C(N)CC(N)C(N)CC1N. The molecular formula is C16H42N10. The molecule has 10 heteroatoms. The molecule has 0 amide bonds. The second-order valence-electron chi connectivity index (χ2n) is 8.16. The molecule has 1 fully saturated rings. The molecule has 1 rings (SSSR count). The quantitative estimate of drug-likeness (QED) is 0.194. The molecule has 20 N–H and O–H groups in total. The van der Waals surface area contributed by atoms with Crippen molar-refractivity contribution in [2.24, 2.45) is 57.3 Å². The highest BCUT2D eigenvalue weighted by atomic mass is 14.9. The van der Waals surface area contributed by atoms with Crippen LogP contribution in [-0.4, -0.2) is 60.4 Å². The Balaban J connectivity index is 2.87. The Hall–Kier alpha value is -0.400. The van der Waals surface area contributed by atoms with Gasteiger partial charge in [-0.3, -0.25) is 0 Å². The van der Waals surface area contributed by atoms with Gasteiger partial charge in [-0.15, -0.1) is 0 Å². The average molecular weight is 375 g/mol. The predicted octanol–water partition coefficient (Wildman–Crippen LogP) is -4.39. The van der Waals surface area contributed by atoms with E-state index in [2.05, 4.69) is 0 Å². The third-order valence-corrected chi connectivity index (χ3v) is 5.76. The van der Waals surface area contributed by atoms with Gasteiger partial charge in [-0.05, 0) is 38.5 Å². The second-order valence-corrected chi connectivity index (χ2v) is 8.16. The van der Waals surface area contributed by atoms with E-state index in [1.165, 1.54) is 0 Å². The number of hydrogen-bond donors (Lipinski definition) is 10. The topological polar surface area (TPSA) is 260 Å². The van der Waals surface area contributed by atoms with Crippen LogP contribution in [-0.2, 0) is 0 Å². The van der Waals surface area contributed by atoms with Crippen molar-refractivity contribution >= 4 is 0 Å². The molecule has 10 nitrogen and oxygen atoms in total. The highest BCUT2D eigenvalue weighted by molar-refractivity contribution is 4.94. The maximum absolute atomic E-state index is 6.20. The van der Waals surface area contributed by atoms with Gasteiger partial charge < -0.3 is 57.3 Å². The lowest BCUT2D eigenvalue weighted by molar-refractivity contribution is 0.317.